The van der Waals surface area contributed by atoms with Gasteiger partial charge in [0.15, 0.2) is 13.8 Å². The average molecular weight is 393 g/mol. The molecule has 1 amide bonds. The Morgan fingerprint density at radius 1 is 1.26 bits per heavy atom. The molecule has 1 aromatic carbocycles. The third kappa shape index (κ3) is 7.61. The molecule has 0 saturated heterocycles. The van der Waals surface area contributed by atoms with Gasteiger partial charge in [0.05, 0.1) is 5.92 Å². The Morgan fingerprint density at radius 3 is 2.30 bits per heavy atom. The van der Waals surface area contributed by atoms with Gasteiger partial charge in [-0.15, -0.1) is 0 Å². The topological polar surface area (TPSA) is 118 Å². The summed E-state index contributed by atoms with van der Waals surface area (Å²) in [6.07, 6.45) is 2.34. The maximum absolute atomic E-state index is 11.6. The summed E-state index contributed by atoms with van der Waals surface area (Å²) in [6.45, 7) is 6.04. The van der Waals surface area contributed by atoms with Crippen LogP contribution in [0, 0.1) is 11.8 Å². The molecule has 0 aliphatic carbocycles. The van der Waals surface area contributed by atoms with Gasteiger partial charge in [-0.3, -0.25) is 14.2 Å². The summed E-state index contributed by atoms with van der Waals surface area (Å²) in [5, 5.41) is 18.0. The largest absolute Gasteiger partial charge is 0.481 e. The van der Waals surface area contributed by atoms with Gasteiger partial charge in [0, 0.05) is 12.8 Å². The van der Waals surface area contributed by atoms with E-state index in [2.05, 4.69) is 13.8 Å². The van der Waals surface area contributed by atoms with Crippen LogP contribution < -0.4 is 5.73 Å². The molecule has 0 fully saturated rings. The molecule has 2 atom stereocenters. The van der Waals surface area contributed by atoms with E-state index in [4.69, 9.17) is 5.73 Å². The van der Waals surface area contributed by atoms with Crippen molar-refractivity contribution in [2.45, 2.75) is 51.8 Å². The van der Waals surface area contributed by atoms with E-state index in [1.165, 1.54) is 5.56 Å². The first-order chi connectivity index (χ1) is 12.6. The van der Waals surface area contributed by atoms with Crippen molar-refractivity contribution >= 4 is 26.4 Å². The maximum atomic E-state index is 11.6. The third-order valence-electron chi connectivity index (χ3n) is 4.27. The molecule has 0 aliphatic heterocycles. The molecular weight excluding hydrogens is 365 g/mol. The fraction of sp³-hybridized carbons (Fsp3) is 0.500. The van der Waals surface area contributed by atoms with Gasteiger partial charge in [0.1, 0.15) is 0 Å². The summed E-state index contributed by atoms with van der Waals surface area (Å²) in [5.74, 6) is -2.78. The summed E-state index contributed by atoms with van der Waals surface area (Å²) >= 11 is 0. The summed E-state index contributed by atoms with van der Waals surface area (Å²) in [4.78, 5) is 22.5. The minimum absolute atomic E-state index is 0.0957. The van der Waals surface area contributed by atoms with E-state index < -0.39 is 31.6 Å². The number of aliphatic carboxylic acids is 1. The normalized spacial score (nSPS) is 15.5. The number of primary amides is 1. The van der Waals surface area contributed by atoms with E-state index in [-0.39, 0.29) is 19.3 Å². The fourth-order valence-corrected chi connectivity index (χ4v) is 3.71. The van der Waals surface area contributed by atoms with E-state index in [1.807, 2.05) is 30.3 Å². The van der Waals surface area contributed by atoms with E-state index in [9.17, 15) is 24.4 Å². The molecule has 0 aliphatic rings. The minimum Gasteiger partial charge on any atom is -0.481 e. The average Bonchev–Trinajstić information content (AvgIpc) is 2.55. The van der Waals surface area contributed by atoms with E-state index in [1.54, 1.807) is 6.92 Å². The molecule has 7 heteroatoms. The predicted octanol–water partition coefficient (Wildman–Crippen LogP) is 3.63. The first-order valence-electron chi connectivity index (χ1n) is 8.91. The first kappa shape index (κ1) is 23.0. The Kier molecular flexibility index (Phi) is 8.80. The van der Waals surface area contributed by atoms with Crippen molar-refractivity contribution in [3.8, 4) is 0 Å². The highest BCUT2D eigenvalue weighted by atomic mass is 31.1. The Labute approximate surface area is 161 Å². The lowest BCUT2D eigenvalue weighted by molar-refractivity contribution is -0.147. The van der Waals surface area contributed by atoms with Gasteiger partial charge in [-0.1, -0.05) is 49.8 Å². The zero-order valence-corrected chi connectivity index (χ0v) is 16.9. The number of carboxylic acid groups (broad SMARTS) is 1. The highest BCUT2D eigenvalue weighted by Gasteiger charge is 2.42. The molecule has 0 radical (unpaired) electrons. The lowest BCUT2D eigenvalue weighted by Gasteiger charge is -2.27. The predicted molar refractivity (Wildman–Crippen MR) is 105 cm³/mol. The second-order valence-electron chi connectivity index (χ2n) is 7.37. The number of benzene rings is 1. The van der Waals surface area contributed by atoms with Crippen LogP contribution >= 0.6 is 8.46 Å². The molecule has 1 rings (SSSR count). The van der Waals surface area contributed by atoms with E-state index in [0.717, 1.165) is 12.0 Å². The lowest BCUT2D eigenvalue weighted by atomic mass is 9.90. The maximum Gasteiger partial charge on any atom is 0.310 e. The molecule has 1 aromatic rings. The molecule has 4 N–H and O–H groups in total. The van der Waals surface area contributed by atoms with Crippen LogP contribution in [0.5, 0.6) is 0 Å². The molecule has 6 nitrogen and oxygen atoms in total. The van der Waals surface area contributed by atoms with Crippen LogP contribution in [0.25, 0.3) is 6.08 Å². The van der Waals surface area contributed by atoms with Crippen LogP contribution in [0.2, 0.25) is 0 Å². The number of hydrogen-bond acceptors (Lipinski definition) is 4. The van der Waals surface area contributed by atoms with Crippen molar-refractivity contribution in [1.29, 1.82) is 0 Å². The molecule has 27 heavy (non-hydrogen) atoms. The van der Waals surface area contributed by atoms with Crippen LogP contribution in [0.3, 0.4) is 0 Å². The number of carboxylic acids is 1. The number of rotatable bonds is 11. The zero-order valence-electron chi connectivity index (χ0n) is 16.0. The second-order valence-corrected chi connectivity index (χ2v) is 8.33. The third-order valence-corrected chi connectivity index (χ3v) is 5.06. The van der Waals surface area contributed by atoms with Crippen LogP contribution in [-0.2, 0) is 20.6 Å². The zero-order chi connectivity index (χ0) is 20.6. The molecule has 148 valence electrons. The number of carbonyl (C=O) groups excluding carboxylic acids is 1. The summed E-state index contributed by atoms with van der Waals surface area (Å²) in [7, 11) is -0.701. The molecule has 0 saturated carbocycles. The van der Waals surface area contributed by atoms with Gasteiger partial charge < -0.3 is 15.9 Å². The molecule has 0 spiro atoms. The van der Waals surface area contributed by atoms with Gasteiger partial charge in [-0.05, 0) is 36.8 Å². The number of amides is 1. The Hall–Kier alpha value is -2.04. The summed E-state index contributed by atoms with van der Waals surface area (Å²) in [6, 6.07) is 7.97. The van der Waals surface area contributed by atoms with Crippen molar-refractivity contribution in [3.05, 3.63) is 41.0 Å². The fourth-order valence-electron chi connectivity index (χ4n) is 3.03. The van der Waals surface area contributed by atoms with E-state index >= 15 is 0 Å². The second kappa shape index (κ2) is 10.3. The van der Waals surface area contributed by atoms with Crippen molar-refractivity contribution in [2.75, 3.05) is 0 Å². The van der Waals surface area contributed by atoms with Crippen molar-refractivity contribution < 1.29 is 24.4 Å². The highest BCUT2D eigenvalue weighted by Crippen LogP contribution is 2.38. The molecule has 2 unspecified atom stereocenters. The van der Waals surface area contributed by atoms with Crippen molar-refractivity contribution in [3.63, 3.8) is 0 Å². The van der Waals surface area contributed by atoms with Gasteiger partial charge in [-0.2, -0.15) is 0 Å². The monoisotopic (exact) mass is 393 g/mol. The molecule has 0 bridgehead atoms. The number of aliphatic hydroxyl groups is 1. The first-order valence-corrected chi connectivity index (χ1v) is 9.72. The smallest absolute Gasteiger partial charge is 0.310 e. The SMILES string of the molecule is CC(=Cc1ccc(CC(C)C)cc1)CC(O)(P=O)C(CCC(N)=O)C(=O)O. The highest BCUT2D eigenvalue weighted by molar-refractivity contribution is 7.25. The molecular formula is C20H28NO5P. The van der Waals surface area contributed by atoms with Gasteiger partial charge in [0.25, 0.3) is 0 Å². The molecule has 0 aromatic heterocycles. The van der Waals surface area contributed by atoms with Crippen molar-refractivity contribution in [1.82, 2.24) is 0 Å². The van der Waals surface area contributed by atoms with Gasteiger partial charge in [0.2, 0.25) is 5.91 Å². The van der Waals surface area contributed by atoms with Crippen LogP contribution in [-0.4, -0.2) is 27.4 Å². The van der Waals surface area contributed by atoms with E-state index in [0.29, 0.717) is 11.5 Å². The van der Waals surface area contributed by atoms with Crippen molar-refractivity contribution in [2.24, 2.45) is 17.6 Å². The summed E-state index contributed by atoms with van der Waals surface area (Å²) < 4.78 is 11.6. The number of nitrogens with two attached hydrogens (primary N) is 1. The van der Waals surface area contributed by atoms with Gasteiger partial charge >= 0.3 is 5.97 Å². The summed E-state index contributed by atoms with van der Waals surface area (Å²) in [5.41, 5.74) is 7.89. The van der Waals surface area contributed by atoms with Crippen LogP contribution in [0.4, 0.5) is 0 Å². The molecule has 0 heterocycles. The number of hydrogen-bond donors (Lipinski definition) is 3. The minimum atomic E-state index is -2.00. The Morgan fingerprint density at radius 2 is 1.85 bits per heavy atom. The standard InChI is InChI=1S/C20H28NO5P/c1-13(2)10-15-4-6-16(7-5-15)11-14(3)12-20(25,27-26)17(19(23)24)8-9-18(21)22/h4-7,11,13,17,25H,8-10,12H2,1-3H3,(H2,21,22)(H,23,24). The lowest BCUT2D eigenvalue weighted by Crippen LogP contribution is -2.38. The number of carbonyl (C=O) groups is 2. The van der Waals surface area contributed by atoms with Gasteiger partial charge in [-0.25, -0.2) is 0 Å². The van der Waals surface area contributed by atoms with Crippen LogP contribution in [0.1, 0.15) is 51.2 Å². The quantitative estimate of drug-likeness (QED) is 0.496. The Balaban J connectivity index is 2.95. The Bertz CT molecular complexity index is 699. The van der Waals surface area contributed by atoms with Crippen LogP contribution in [0.15, 0.2) is 29.8 Å².